The van der Waals surface area contributed by atoms with Crippen LogP contribution in [0.15, 0.2) is 60.8 Å². The summed E-state index contributed by atoms with van der Waals surface area (Å²) in [5.41, 5.74) is 2.26. The first-order valence-corrected chi connectivity index (χ1v) is 7.65. The van der Waals surface area contributed by atoms with Crippen LogP contribution in [-0.4, -0.2) is 34.3 Å². The monoisotopic (exact) mass is 322 g/mol. The third-order valence-electron chi connectivity index (χ3n) is 3.50. The summed E-state index contributed by atoms with van der Waals surface area (Å²) in [6, 6.07) is 16.9. The van der Waals surface area contributed by atoms with E-state index in [1.54, 1.807) is 18.2 Å². The van der Waals surface area contributed by atoms with Crippen LogP contribution in [0, 0.1) is 0 Å². The minimum absolute atomic E-state index is 0.226. The van der Waals surface area contributed by atoms with Gasteiger partial charge in [0.05, 0.1) is 18.5 Å². The molecule has 6 nitrogen and oxygen atoms in total. The molecular formula is C18H18N4O2. The molecule has 0 spiro atoms. The highest BCUT2D eigenvalue weighted by Crippen LogP contribution is 2.08. The molecule has 2 aromatic heterocycles. The maximum absolute atomic E-state index is 12.1. The standard InChI is InChI=1S/C18H18N4O2/c1-24-17-9-5-8-16(20-17)18(23)19-12-10-14-11-13-22(21-14)15-6-3-2-4-7-15/h2-9,11,13H,10,12H2,1H3,(H,19,23). The molecule has 0 saturated carbocycles. The number of aromatic nitrogens is 3. The minimum Gasteiger partial charge on any atom is -0.481 e. The van der Waals surface area contributed by atoms with Gasteiger partial charge in [0.25, 0.3) is 5.91 Å². The number of para-hydroxylation sites is 1. The van der Waals surface area contributed by atoms with Crippen molar-refractivity contribution in [2.75, 3.05) is 13.7 Å². The lowest BCUT2D eigenvalue weighted by Crippen LogP contribution is -2.26. The van der Waals surface area contributed by atoms with Crippen LogP contribution in [0.3, 0.4) is 0 Å². The highest BCUT2D eigenvalue weighted by Gasteiger charge is 2.08. The van der Waals surface area contributed by atoms with Crippen LogP contribution < -0.4 is 10.1 Å². The fourth-order valence-corrected chi connectivity index (χ4v) is 2.27. The number of nitrogens with one attached hydrogen (secondary N) is 1. The van der Waals surface area contributed by atoms with E-state index in [4.69, 9.17) is 4.74 Å². The van der Waals surface area contributed by atoms with Crippen molar-refractivity contribution in [3.63, 3.8) is 0 Å². The Balaban J connectivity index is 1.55. The Morgan fingerprint density at radius 1 is 1.12 bits per heavy atom. The van der Waals surface area contributed by atoms with Crippen molar-refractivity contribution in [1.29, 1.82) is 0 Å². The molecule has 1 amide bonds. The van der Waals surface area contributed by atoms with Gasteiger partial charge >= 0.3 is 0 Å². The molecule has 0 aliphatic heterocycles. The second-order valence-electron chi connectivity index (χ2n) is 5.16. The van der Waals surface area contributed by atoms with Crippen molar-refractivity contribution >= 4 is 5.91 Å². The van der Waals surface area contributed by atoms with Gasteiger partial charge < -0.3 is 10.1 Å². The maximum Gasteiger partial charge on any atom is 0.270 e. The van der Waals surface area contributed by atoms with Crippen molar-refractivity contribution in [1.82, 2.24) is 20.1 Å². The third-order valence-corrected chi connectivity index (χ3v) is 3.50. The van der Waals surface area contributed by atoms with Gasteiger partial charge in [-0.15, -0.1) is 0 Å². The topological polar surface area (TPSA) is 69.0 Å². The predicted molar refractivity (Wildman–Crippen MR) is 90.4 cm³/mol. The smallest absolute Gasteiger partial charge is 0.270 e. The second-order valence-corrected chi connectivity index (χ2v) is 5.16. The van der Waals surface area contributed by atoms with E-state index in [9.17, 15) is 4.79 Å². The molecule has 0 saturated heterocycles. The van der Waals surface area contributed by atoms with Crippen LogP contribution >= 0.6 is 0 Å². The molecular weight excluding hydrogens is 304 g/mol. The lowest BCUT2D eigenvalue weighted by Gasteiger charge is -2.05. The number of carbonyl (C=O) groups excluding carboxylic acids is 1. The van der Waals surface area contributed by atoms with Crippen LogP contribution in [0.4, 0.5) is 0 Å². The van der Waals surface area contributed by atoms with Crippen molar-refractivity contribution in [3.8, 4) is 11.6 Å². The van der Waals surface area contributed by atoms with Gasteiger partial charge in [-0.05, 0) is 24.3 Å². The maximum atomic E-state index is 12.1. The van der Waals surface area contributed by atoms with Crippen molar-refractivity contribution in [2.24, 2.45) is 0 Å². The molecule has 1 aromatic carbocycles. The Kier molecular flexibility index (Phi) is 4.86. The van der Waals surface area contributed by atoms with E-state index in [1.165, 1.54) is 7.11 Å². The zero-order valence-corrected chi connectivity index (χ0v) is 13.3. The summed E-state index contributed by atoms with van der Waals surface area (Å²) in [6.07, 6.45) is 2.56. The zero-order chi connectivity index (χ0) is 16.8. The summed E-state index contributed by atoms with van der Waals surface area (Å²) >= 11 is 0. The molecule has 0 aliphatic rings. The van der Waals surface area contributed by atoms with Crippen LogP contribution in [0.5, 0.6) is 5.88 Å². The van der Waals surface area contributed by atoms with Gasteiger partial charge in [0.2, 0.25) is 5.88 Å². The van der Waals surface area contributed by atoms with Crippen LogP contribution in [0.1, 0.15) is 16.2 Å². The molecule has 0 radical (unpaired) electrons. The molecule has 24 heavy (non-hydrogen) atoms. The summed E-state index contributed by atoms with van der Waals surface area (Å²) in [4.78, 5) is 16.2. The van der Waals surface area contributed by atoms with E-state index < -0.39 is 0 Å². The first-order valence-electron chi connectivity index (χ1n) is 7.65. The number of amides is 1. The first kappa shape index (κ1) is 15.7. The lowest BCUT2D eigenvalue weighted by atomic mass is 10.3. The number of ether oxygens (including phenoxy) is 1. The second kappa shape index (κ2) is 7.41. The van der Waals surface area contributed by atoms with Crippen LogP contribution in [0.25, 0.3) is 5.69 Å². The summed E-state index contributed by atoms with van der Waals surface area (Å²) < 4.78 is 6.84. The van der Waals surface area contributed by atoms with Gasteiger partial charge in [-0.3, -0.25) is 4.79 Å². The quantitative estimate of drug-likeness (QED) is 0.756. The molecule has 6 heteroatoms. The highest BCUT2D eigenvalue weighted by molar-refractivity contribution is 5.92. The number of benzene rings is 1. The number of hydrogen-bond acceptors (Lipinski definition) is 4. The number of hydrogen-bond donors (Lipinski definition) is 1. The van der Waals surface area contributed by atoms with Gasteiger partial charge in [0.1, 0.15) is 5.69 Å². The SMILES string of the molecule is COc1cccc(C(=O)NCCc2ccn(-c3ccccc3)n2)n1. The van der Waals surface area contributed by atoms with E-state index in [2.05, 4.69) is 15.4 Å². The highest BCUT2D eigenvalue weighted by atomic mass is 16.5. The molecule has 0 atom stereocenters. The molecule has 1 N–H and O–H groups in total. The van der Waals surface area contributed by atoms with Gasteiger partial charge in [-0.25, -0.2) is 9.67 Å². The van der Waals surface area contributed by atoms with Gasteiger partial charge in [0, 0.05) is 25.2 Å². The number of rotatable bonds is 6. The van der Waals surface area contributed by atoms with E-state index >= 15 is 0 Å². The number of nitrogens with zero attached hydrogens (tertiary/aromatic N) is 3. The van der Waals surface area contributed by atoms with E-state index in [0.29, 0.717) is 24.5 Å². The number of carbonyl (C=O) groups is 1. The molecule has 0 unspecified atom stereocenters. The van der Waals surface area contributed by atoms with Crippen LogP contribution in [0.2, 0.25) is 0 Å². The summed E-state index contributed by atoms with van der Waals surface area (Å²) in [7, 11) is 1.52. The molecule has 2 heterocycles. The molecule has 0 fully saturated rings. The lowest BCUT2D eigenvalue weighted by molar-refractivity contribution is 0.0948. The van der Waals surface area contributed by atoms with Crippen molar-refractivity contribution in [3.05, 3.63) is 72.2 Å². The zero-order valence-electron chi connectivity index (χ0n) is 13.3. The van der Waals surface area contributed by atoms with E-state index in [0.717, 1.165) is 11.4 Å². The normalized spacial score (nSPS) is 10.4. The summed E-state index contributed by atoms with van der Waals surface area (Å²) in [5.74, 6) is 0.195. The Morgan fingerprint density at radius 2 is 1.96 bits per heavy atom. The molecule has 0 bridgehead atoms. The number of pyridine rings is 1. The third kappa shape index (κ3) is 3.78. The Bertz CT molecular complexity index is 815. The predicted octanol–water partition coefficient (Wildman–Crippen LogP) is 2.25. The molecule has 3 rings (SSSR count). The first-order chi connectivity index (χ1) is 11.8. The van der Waals surface area contributed by atoms with Gasteiger partial charge in [-0.1, -0.05) is 24.3 Å². The molecule has 0 aliphatic carbocycles. The van der Waals surface area contributed by atoms with Crippen molar-refractivity contribution < 1.29 is 9.53 Å². The van der Waals surface area contributed by atoms with Crippen molar-refractivity contribution in [2.45, 2.75) is 6.42 Å². The van der Waals surface area contributed by atoms with Crippen LogP contribution in [-0.2, 0) is 6.42 Å². The van der Waals surface area contributed by atoms with Gasteiger partial charge in [0.15, 0.2) is 0 Å². The molecule has 3 aromatic rings. The fourth-order valence-electron chi connectivity index (χ4n) is 2.27. The minimum atomic E-state index is -0.226. The van der Waals surface area contributed by atoms with E-state index in [1.807, 2.05) is 47.3 Å². The summed E-state index contributed by atoms with van der Waals surface area (Å²) in [6.45, 7) is 0.490. The molecule has 122 valence electrons. The number of methoxy groups -OCH3 is 1. The average Bonchev–Trinajstić information content (AvgIpc) is 3.11. The Labute approximate surface area is 140 Å². The fraction of sp³-hybridized carbons (Fsp3) is 0.167. The van der Waals surface area contributed by atoms with Gasteiger partial charge in [-0.2, -0.15) is 5.10 Å². The van der Waals surface area contributed by atoms with E-state index in [-0.39, 0.29) is 5.91 Å². The summed E-state index contributed by atoms with van der Waals surface area (Å²) in [5, 5.41) is 7.35. The largest absolute Gasteiger partial charge is 0.481 e. The Morgan fingerprint density at radius 3 is 2.75 bits per heavy atom. The Hall–Kier alpha value is -3.15. The average molecular weight is 322 g/mol.